The van der Waals surface area contributed by atoms with Crippen LogP contribution in [0.25, 0.3) is 0 Å². The summed E-state index contributed by atoms with van der Waals surface area (Å²) in [7, 11) is 1.67. The van der Waals surface area contributed by atoms with Gasteiger partial charge in [-0.2, -0.15) is 0 Å². The van der Waals surface area contributed by atoms with Gasteiger partial charge in [0.1, 0.15) is 17.3 Å². The molecule has 0 atom stereocenters. The maximum atomic E-state index is 12.6. The minimum atomic E-state index is -0.0903. The molecule has 0 unspecified atom stereocenters. The van der Waals surface area contributed by atoms with Crippen molar-refractivity contribution in [2.24, 2.45) is 0 Å². The summed E-state index contributed by atoms with van der Waals surface area (Å²) in [5.41, 5.74) is 1.42. The molecule has 3 rings (SSSR count). The average molecular weight is 353 g/mol. The molecule has 0 bridgehead atoms. The van der Waals surface area contributed by atoms with E-state index in [-0.39, 0.29) is 5.91 Å². The van der Waals surface area contributed by atoms with Crippen LogP contribution < -0.4 is 15.0 Å². The number of aromatic nitrogens is 2. The molecule has 0 saturated carbocycles. The van der Waals surface area contributed by atoms with Crippen molar-refractivity contribution in [3.63, 3.8) is 0 Å². The Balaban J connectivity index is 1.60. The van der Waals surface area contributed by atoms with E-state index < -0.39 is 0 Å². The molecule has 2 heterocycles. The van der Waals surface area contributed by atoms with Gasteiger partial charge in [-0.05, 0) is 12.1 Å². The van der Waals surface area contributed by atoms with Gasteiger partial charge >= 0.3 is 0 Å². The molecule has 1 aliphatic heterocycles. The molecule has 0 aliphatic carbocycles. The molecule has 26 heavy (non-hydrogen) atoms. The number of anilines is 2. The molecular formula is C19H23N5O2. The molecule has 1 aromatic heterocycles. The molecule has 2 aromatic rings. The summed E-state index contributed by atoms with van der Waals surface area (Å²) in [4.78, 5) is 25.1. The monoisotopic (exact) mass is 353 g/mol. The lowest BCUT2D eigenvalue weighted by atomic mass is 10.2. The van der Waals surface area contributed by atoms with Crippen LogP contribution in [0.2, 0.25) is 0 Å². The SMILES string of the molecule is C=CCNc1cnc(C(=O)N2CCN(c3ccccc3OC)CC2)cn1. The zero-order valence-electron chi connectivity index (χ0n) is 14.9. The van der Waals surface area contributed by atoms with Crippen LogP contribution in [0.4, 0.5) is 11.5 Å². The third-order valence-corrected chi connectivity index (χ3v) is 4.29. The number of carbonyl (C=O) groups excluding carboxylic acids is 1. The highest BCUT2D eigenvalue weighted by molar-refractivity contribution is 5.92. The van der Waals surface area contributed by atoms with Crippen LogP contribution in [-0.4, -0.2) is 60.6 Å². The van der Waals surface area contributed by atoms with Gasteiger partial charge in [-0.3, -0.25) is 4.79 Å². The zero-order valence-corrected chi connectivity index (χ0v) is 14.9. The van der Waals surface area contributed by atoms with Crippen LogP contribution in [-0.2, 0) is 0 Å². The van der Waals surface area contributed by atoms with Gasteiger partial charge in [0.05, 0.1) is 25.2 Å². The van der Waals surface area contributed by atoms with Gasteiger partial charge in [-0.25, -0.2) is 9.97 Å². The third-order valence-electron chi connectivity index (χ3n) is 4.29. The van der Waals surface area contributed by atoms with Gasteiger partial charge in [0.25, 0.3) is 5.91 Å². The molecule has 1 amide bonds. The molecule has 136 valence electrons. The Morgan fingerprint density at radius 3 is 2.65 bits per heavy atom. The Kier molecular flexibility index (Phi) is 5.68. The van der Waals surface area contributed by atoms with E-state index in [9.17, 15) is 4.79 Å². The Morgan fingerprint density at radius 2 is 2.00 bits per heavy atom. The molecule has 7 heteroatoms. The number of amides is 1. The highest BCUT2D eigenvalue weighted by Gasteiger charge is 2.24. The first kappa shape index (κ1) is 17.7. The van der Waals surface area contributed by atoms with Gasteiger partial charge in [-0.1, -0.05) is 18.2 Å². The van der Waals surface area contributed by atoms with Crippen LogP contribution in [0.15, 0.2) is 49.3 Å². The fraction of sp³-hybridized carbons (Fsp3) is 0.316. The normalized spacial score (nSPS) is 14.0. The van der Waals surface area contributed by atoms with E-state index in [1.165, 1.54) is 6.20 Å². The number of nitrogens with zero attached hydrogens (tertiary/aromatic N) is 4. The van der Waals surface area contributed by atoms with E-state index in [4.69, 9.17) is 4.74 Å². The topological polar surface area (TPSA) is 70.6 Å². The second-order valence-corrected chi connectivity index (χ2v) is 5.91. The first-order valence-electron chi connectivity index (χ1n) is 8.57. The second kappa shape index (κ2) is 8.33. The molecule has 7 nitrogen and oxygen atoms in total. The van der Waals surface area contributed by atoms with Crippen LogP contribution in [0.1, 0.15) is 10.5 Å². The molecule has 1 N–H and O–H groups in total. The van der Waals surface area contributed by atoms with Crippen molar-refractivity contribution < 1.29 is 9.53 Å². The van der Waals surface area contributed by atoms with Crippen molar-refractivity contribution in [2.75, 3.05) is 50.1 Å². The Labute approximate surface area is 153 Å². The Morgan fingerprint density at radius 1 is 1.23 bits per heavy atom. The van der Waals surface area contributed by atoms with Crippen LogP contribution >= 0.6 is 0 Å². The molecule has 0 radical (unpaired) electrons. The summed E-state index contributed by atoms with van der Waals surface area (Å²) in [6.07, 6.45) is 4.82. The van der Waals surface area contributed by atoms with E-state index in [1.54, 1.807) is 19.4 Å². The third kappa shape index (κ3) is 3.93. The lowest BCUT2D eigenvalue weighted by molar-refractivity contribution is 0.0740. The molecule has 1 aliphatic rings. The van der Waals surface area contributed by atoms with Gasteiger partial charge in [0.15, 0.2) is 0 Å². The Bertz CT molecular complexity index is 755. The lowest BCUT2D eigenvalue weighted by Gasteiger charge is -2.36. The summed E-state index contributed by atoms with van der Waals surface area (Å²) in [5, 5.41) is 3.04. The number of carbonyl (C=O) groups is 1. The smallest absolute Gasteiger partial charge is 0.274 e. The lowest BCUT2D eigenvalue weighted by Crippen LogP contribution is -2.49. The van der Waals surface area contributed by atoms with Crippen molar-refractivity contribution in [1.82, 2.24) is 14.9 Å². The number of piperazine rings is 1. The summed E-state index contributed by atoms with van der Waals surface area (Å²) >= 11 is 0. The van der Waals surface area contributed by atoms with Crippen molar-refractivity contribution in [3.8, 4) is 5.75 Å². The maximum Gasteiger partial charge on any atom is 0.274 e. The average Bonchev–Trinajstić information content (AvgIpc) is 2.72. The van der Waals surface area contributed by atoms with Crippen LogP contribution in [0.3, 0.4) is 0 Å². The van der Waals surface area contributed by atoms with Crippen molar-refractivity contribution >= 4 is 17.4 Å². The fourth-order valence-electron chi connectivity index (χ4n) is 2.91. The predicted molar refractivity (Wildman–Crippen MR) is 102 cm³/mol. The van der Waals surface area contributed by atoms with Crippen LogP contribution in [0, 0.1) is 0 Å². The maximum absolute atomic E-state index is 12.6. The summed E-state index contributed by atoms with van der Waals surface area (Å²) in [5.74, 6) is 1.38. The summed E-state index contributed by atoms with van der Waals surface area (Å²) < 4.78 is 5.43. The van der Waals surface area contributed by atoms with Gasteiger partial charge < -0.3 is 19.9 Å². The summed E-state index contributed by atoms with van der Waals surface area (Å²) in [6.45, 7) is 7.01. The molecule has 1 aromatic carbocycles. The molecule has 1 saturated heterocycles. The first-order valence-corrected chi connectivity index (χ1v) is 8.57. The fourth-order valence-corrected chi connectivity index (χ4v) is 2.91. The van der Waals surface area contributed by atoms with E-state index in [2.05, 4.69) is 26.8 Å². The number of ether oxygens (including phenoxy) is 1. The number of para-hydroxylation sites is 2. The molecule has 0 spiro atoms. The number of benzene rings is 1. The van der Waals surface area contributed by atoms with Crippen molar-refractivity contribution in [1.29, 1.82) is 0 Å². The first-order chi connectivity index (χ1) is 12.7. The highest BCUT2D eigenvalue weighted by atomic mass is 16.5. The molecule has 1 fully saturated rings. The minimum Gasteiger partial charge on any atom is -0.495 e. The standard InChI is InChI=1S/C19H23N5O2/c1-3-8-20-18-14-21-15(13-22-18)19(25)24-11-9-23(10-12-24)16-6-4-5-7-17(16)26-2/h3-7,13-14H,1,8-12H2,2H3,(H,20,22). The van der Waals surface area contributed by atoms with E-state index in [1.807, 2.05) is 29.2 Å². The summed E-state index contributed by atoms with van der Waals surface area (Å²) in [6, 6.07) is 7.93. The van der Waals surface area contributed by atoms with Crippen molar-refractivity contribution in [2.45, 2.75) is 0 Å². The van der Waals surface area contributed by atoms with E-state index in [0.29, 0.717) is 31.1 Å². The van der Waals surface area contributed by atoms with Crippen LogP contribution in [0.5, 0.6) is 5.75 Å². The number of hydrogen-bond donors (Lipinski definition) is 1. The number of methoxy groups -OCH3 is 1. The number of rotatable bonds is 6. The second-order valence-electron chi connectivity index (χ2n) is 5.91. The molecular weight excluding hydrogens is 330 g/mol. The van der Waals surface area contributed by atoms with Gasteiger partial charge in [-0.15, -0.1) is 6.58 Å². The minimum absolute atomic E-state index is 0.0903. The Hall–Kier alpha value is -3.09. The largest absolute Gasteiger partial charge is 0.495 e. The quantitative estimate of drug-likeness (QED) is 0.802. The van der Waals surface area contributed by atoms with Gasteiger partial charge in [0.2, 0.25) is 0 Å². The van der Waals surface area contributed by atoms with Gasteiger partial charge in [0, 0.05) is 32.7 Å². The zero-order chi connectivity index (χ0) is 18.4. The van der Waals surface area contributed by atoms with E-state index in [0.717, 1.165) is 24.5 Å². The van der Waals surface area contributed by atoms with E-state index >= 15 is 0 Å². The number of nitrogens with one attached hydrogen (secondary N) is 1. The number of hydrogen-bond acceptors (Lipinski definition) is 6. The highest BCUT2D eigenvalue weighted by Crippen LogP contribution is 2.28. The van der Waals surface area contributed by atoms with Crippen molar-refractivity contribution in [3.05, 3.63) is 55.0 Å². The predicted octanol–water partition coefficient (Wildman–Crippen LogP) is 2.05.